The lowest BCUT2D eigenvalue weighted by Gasteiger charge is -2.24. The van der Waals surface area contributed by atoms with Crippen molar-refractivity contribution in [3.8, 4) is 5.75 Å². The summed E-state index contributed by atoms with van der Waals surface area (Å²) in [4.78, 5) is 0. The summed E-state index contributed by atoms with van der Waals surface area (Å²) in [6.45, 7) is 7.52. The highest BCUT2D eigenvalue weighted by Crippen LogP contribution is 2.22. The van der Waals surface area contributed by atoms with Gasteiger partial charge in [-0.2, -0.15) is 0 Å². The average molecular weight is 251 g/mol. The normalized spacial score (nSPS) is 14.2. The highest BCUT2D eigenvalue weighted by molar-refractivity contribution is 5.29. The molecule has 102 valence electrons. The lowest BCUT2D eigenvalue weighted by molar-refractivity contribution is 0.0374. The van der Waals surface area contributed by atoms with E-state index >= 15 is 0 Å². The van der Waals surface area contributed by atoms with Crippen LogP contribution in [0.25, 0.3) is 0 Å². The molecule has 1 aromatic rings. The SMILES string of the molecule is CCCC(OCC)C(N)c1ccc(OCC)cc1. The fraction of sp³-hybridized carbons (Fsp3) is 0.600. The zero-order valence-corrected chi connectivity index (χ0v) is 11.7. The van der Waals surface area contributed by atoms with E-state index < -0.39 is 0 Å². The summed E-state index contributed by atoms with van der Waals surface area (Å²) >= 11 is 0. The summed E-state index contributed by atoms with van der Waals surface area (Å²) in [6.07, 6.45) is 2.16. The molecular weight excluding hydrogens is 226 g/mol. The standard InChI is InChI=1S/C15H25NO2/c1-4-7-14(18-6-3)15(16)12-8-10-13(11-9-12)17-5-2/h8-11,14-15H,4-7,16H2,1-3H3. The highest BCUT2D eigenvalue weighted by atomic mass is 16.5. The van der Waals surface area contributed by atoms with Gasteiger partial charge in [-0.3, -0.25) is 0 Å². The van der Waals surface area contributed by atoms with Gasteiger partial charge in [-0.05, 0) is 38.0 Å². The van der Waals surface area contributed by atoms with Crippen LogP contribution in [0.5, 0.6) is 5.75 Å². The maximum Gasteiger partial charge on any atom is 0.119 e. The van der Waals surface area contributed by atoms with E-state index in [2.05, 4.69) is 6.92 Å². The van der Waals surface area contributed by atoms with E-state index in [9.17, 15) is 0 Å². The van der Waals surface area contributed by atoms with Gasteiger partial charge in [0.15, 0.2) is 0 Å². The largest absolute Gasteiger partial charge is 0.494 e. The van der Waals surface area contributed by atoms with Crippen molar-refractivity contribution in [3.63, 3.8) is 0 Å². The quantitative estimate of drug-likeness (QED) is 0.771. The summed E-state index contributed by atoms with van der Waals surface area (Å²) in [5.74, 6) is 0.886. The lowest BCUT2D eigenvalue weighted by atomic mass is 9.99. The van der Waals surface area contributed by atoms with Crippen molar-refractivity contribution in [2.75, 3.05) is 13.2 Å². The third-order valence-electron chi connectivity index (χ3n) is 2.93. The second kappa shape index (κ2) is 8.11. The molecule has 3 heteroatoms. The van der Waals surface area contributed by atoms with E-state index in [-0.39, 0.29) is 12.1 Å². The third-order valence-corrected chi connectivity index (χ3v) is 2.93. The number of rotatable bonds is 8. The van der Waals surface area contributed by atoms with Crippen LogP contribution in [0.15, 0.2) is 24.3 Å². The van der Waals surface area contributed by atoms with Gasteiger partial charge in [0.25, 0.3) is 0 Å². The molecule has 1 aromatic carbocycles. The van der Waals surface area contributed by atoms with Crippen LogP contribution < -0.4 is 10.5 Å². The first-order valence-electron chi connectivity index (χ1n) is 6.82. The van der Waals surface area contributed by atoms with Crippen LogP contribution in [0.4, 0.5) is 0 Å². The van der Waals surface area contributed by atoms with Gasteiger partial charge in [0, 0.05) is 6.61 Å². The van der Waals surface area contributed by atoms with Crippen LogP contribution >= 0.6 is 0 Å². The fourth-order valence-electron chi connectivity index (χ4n) is 2.03. The first-order chi connectivity index (χ1) is 8.72. The molecule has 2 unspecified atom stereocenters. The number of hydrogen-bond donors (Lipinski definition) is 1. The minimum atomic E-state index is -0.0689. The van der Waals surface area contributed by atoms with E-state index in [0.717, 1.165) is 24.2 Å². The molecule has 0 spiro atoms. The molecule has 0 bridgehead atoms. The van der Waals surface area contributed by atoms with Crippen LogP contribution in [0.3, 0.4) is 0 Å². The van der Waals surface area contributed by atoms with Crippen molar-refractivity contribution in [3.05, 3.63) is 29.8 Å². The van der Waals surface area contributed by atoms with Crippen molar-refractivity contribution in [2.45, 2.75) is 45.8 Å². The van der Waals surface area contributed by atoms with Crippen LogP contribution in [0, 0.1) is 0 Å². The van der Waals surface area contributed by atoms with E-state index in [1.54, 1.807) is 0 Å². The number of nitrogens with two attached hydrogens (primary N) is 1. The summed E-state index contributed by atoms with van der Waals surface area (Å²) in [7, 11) is 0. The van der Waals surface area contributed by atoms with Crippen molar-refractivity contribution in [2.24, 2.45) is 5.73 Å². The predicted octanol–water partition coefficient (Wildman–Crippen LogP) is 3.29. The third kappa shape index (κ3) is 4.31. The Hall–Kier alpha value is -1.06. The Bertz CT molecular complexity index is 318. The highest BCUT2D eigenvalue weighted by Gasteiger charge is 2.18. The second-order valence-electron chi connectivity index (χ2n) is 4.31. The minimum Gasteiger partial charge on any atom is -0.494 e. The van der Waals surface area contributed by atoms with E-state index in [1.165, 1.54) is 0 Å². The first kappa shape index (κ1) is 15.0. The number of hydrogen-bond acceptors (Lipinski definition) is 3. The van der Waals surface area contributed by atoms with Crippen molar-refractivity contribution < 1.29 is 9.47 Å². The molecule has 0 saturated heterocycles. The number of ether oxygens (including phenoxy) is 2. The van der Waals surface area contributed by atoms with Crippen LogP contribution in [-0.2, 0) is 4.74 Å². The van der Waals surface area contributed by atoms with Crippen molar-refractivity contribution in [1.29, 1.82) is 0 Å². The Morgan fingerprint density at radius 3 is 2.22 bits per heavy atom. The Labute approximate surface area is 110 Å². The molecule has 0 aliphatic heterocycles. The minimum absolute atomic E-state index is 0.0689. The zero-order valence-electron chi connectivity index (χ0n) is 11.7. The van der Waals surface area contributed by atoms with Crippen molar-refractivity contribution >= 4 is 0 Å². The molecule has 1 rings (SSSR count). The molecule has 0 aliphatic carbocycles. The smallest absolute Gasteiger partial charge is 0.119 e. The van der Waals surface area contributed by atoms with Gasteiger partial charge in [0.2, 0.25) is 0 Å². The summed E-state index contributed by atoms with van der Waals surface area (Å²) in [6, 6.07) is 7.91. The predicted molar refractivity (Wildman–Crippen MR) is 74.9 cm³/mol. The lowest BCUT2D eigenvalue weighted by Crippen LogP contribution is -2.29. The summed E-state index contributed by atoms with van der Waals surface area (Å²) in [5.41, 5.74) is 7.37. The van der Waals surface area contributed by atoms with Gasteiger partial charge >= 0.3 is 0 Å². The molecule has 0 fully saturated rings. The molecular formula is C15H25NO2. The molecule has 2 N–H and O–H groups in total. The molecule has 0 heterocycles. The van der Waals surface area contributed by atoms with E-state index in [1.807, 2.05) is 38.1 Å². The van der Waals surface area contributed by atoms with Gasteiger partial charge in [-0.25, -0.2) is 0 Å². The molecule has 0 aliphatic rings. The van der Waals surface area contributed by atoms with Gasteiger partial charge in [-0.1, -0.05) is 25.5 Å². The maximum atomic E-state index is 6.27. The maximum absolute atomic E-state index is 6.27. The van der Waals surface area contributed by atoms with Gasteiger partial charge in [0.1, 0.15) is 5.75 Å². The van der Waals surface area contributed by atoms with Crippen LogP contribution in [0.2, 0.25) is 0 Å². The molecule has 0 aromatic heterocycles. The Morgan fingerprint density at radius 1 is 1.06 bits per heavy atom. The zero-order chi connectivity index (χ0) is 13.4. The van der Waals surface area contributed by atoms with Gasteiger partial charge in [0.05, 0.1) is 18.8 Å². The van der Waals surface area contributed by atoms with Crippen LogP contribution in [-0.4, -0.2) is 19.3 Å². The van der Waals surface area contributed by atoms with Crippen LogP contribution in [0.1, 0.15) is 45.2 Å². The van der Waals surface area contributed by atoms with Gasteiger partial charge in [-0.15, -0.1) is 0 Å². The Kier molecular flexibility index (Phi) is 6.76. The second-order valence-corrected chi connectivity index (χ2v) is 4.31. The molecule has 0 amide bonds. The molecule has 2 atom stereocenters. The topological polar surface area (TPSA) is 44.5 Å². The van der Waals surface area contributed by atoms with Crippen molar-refractivity contribution in [1.82, 2.24) is 0 Å². The van der Waals surface area contributed by atoms with Gasteiger partial charge < -0.3 is 15.2 Å². The monoisotopic (exact) mass is 251 g/mol. The summed E-state index contributed by atoms with van der Waals surface area (Å²) < 4.78 is 11.1. The molecule has 0 saturated carbocycles. The molecule has 0 radical (unpaired) electrons. The molecule has 18 heavy (non-hydrogen) atoms. The molecule has 3 nitrogen and oxygen atoms in total. The Morgan fingerprint density at radius 2 is 1.72 bits per heavy atom. The average Bonchev–Trinajstić information content (AvgIpc) is 2.39. The van der Waals surface area contributed by atoms with E-state index in [0.29, 0.717) is 13.2 Å². The fourth-order valence-corrected chi connectivity index (χ4v) is 2.03. The Balaban J connectivity index is 2.70. The summed E-state index contributed by atoms with van der Waals surface area (Å²) in [5, 5.41) is 0. The number of benzene rings is 1. The first-order valence-corrected chi connectivity index (χ1v) is 6.82. The van der Waals surface area contributed by atoms with E-state index in [4.69, 9.17) is 15.2 Å².